The van der Waals surface area contributed by atoms with Crippen molar-refractivity contribution in [3.63, 3.8) is 0 Å². The molecular formula is C10H14N2O4. The quantitative estimate of drug-likeness (QED) is 0.768. The molecule has 0 bridgehead atoms. The summed E-state index contributed by atoms with van der Waals surface area (Å²) in [5.74, 6) is -0.479. The predicted octanol–water partition coefficient (Wildman–Crippen LogP) is 1.68. The minimum absolute atomic E-state index is 0.279. The van der Waals surface area contributed by atoms with Crippen LogP contribution >= 0.6 is 0 Å². The molecule has 0 saturated carbocycles. The van der Waals surface area contributed by atoms with Gasteiger partial charge in [0.1, 0.15) is 5.56 Å². The van der Waals surface area contributed by atoms with Gasteiger partial charge in [-0.3, -0.25) is 5.32 Å². The van der Waals surface area contributed by atoms with E-state index in [1.54, 1.807) is 13.8 Å². The van der Waals surface area contributed by atoms with Crippen LogP contribution in [0.1, 0.15) is 23.0 Å². The topological polar surface area (TPSA) is 80.4 Å². The Morgan fingerprint density at radius 1 is 1.50 bits per heavy atom. The molecule has 0 aliphatic heterocycles. The van der Waals surface area contributed by atoms with Crippen LogP contribution < -0.4 is 5.32 Å². The van der Waals surface area contributed by atoms with E-state index in [1.807, 2.05) is 0 Å². The first kappa shape index (κ1) is 12.1. The Labute approximate surface area is 92.9 Å². The first-order valence-electron chi connectivity index (χ1n) is 4.80. The Morgan fingerprint density at radius 2 is 2.19 bits per heavy atom. The van der Waals surface area contributed by atoms with Crippen LogP contribution in [0.2, 0.25) is 0 Å². The minimum Gasteiger partial charge on any atom is -0.462 e. The first-order chi connectivity index (χ1) is 7.60. The van der Waals surface area contributed by atoms with E-state index in [4.69, 9.17) is 4.74 Å². The highest BCUT2D eigenvalue weighted by Gasteiger charge is 2.18. The monoisotopic (exact) mass is 226 g/mol. The maximum atomic E-state index is 11.6. The van der Waals surface area contributed by atoms with Gasteiger partial charge in [-0.15, -0.1) is 0 Å². The molecule has 6 nitrogen and oxygen atoms in total. The number of rotatable bonds is 3. The number of carbonyl (C=O) groups is 2. The molecule has 1 heterocycles. The summed E-state index contributed by atoms with van der Waals surface area (Å²) in [5, 5.41) is 2.43. The van der Waals surface area contributed by atoms with Crippen LogP contribution in [0.15, 0.2) is 6.20 Å². The third-order valence-corrected chi connectivity index (χ3v) is 1.98. The highest BCUT2D eigenvalue weighted by atomic mass is 16.5. The molecule has 0 atom stereocenters. The zero-order valence-electron chi connectivity index (χ0n) is 9.42. The Balaban J connectivity index is 2.93. The van der Waals surface area contributed by atoms with E-state index < -0.39 is 12.1 Å². The molecule has 0 fully saturated rings. The fourth-order valence-electron chi connectivity index (χ4n) is 1.25. The summed E-state index contributed by atoms with van der Waals surface area (Å²) in [6, 6.07) is 0. The Kier molecular flexibility index (Phi) is 3.93. The number of aryl methyl sites for hydroxylation is 1. The summed E-state index contributed by atoms with van der Waals surface area (Å²) >= 11 is 0. The summed E-state index contributed by atoms with van der Waals surface area (Å²) in [6.07, 6.45) is 0.878. The van der Waals surface area contributed by atoms with Gasteiger partial charge in [0.25, 0.3) is 0 Å². The highest BCUT2D eigenvalue weighted by Crippen LogP contribution is 2.20. The van der Waals surface area contributed by atoms with Gasteiger partial charge in [-0.25, -0.2) is 9.59 Å². The molecule has 1 aromatic rings. The summed E-state index contributed by atoms with van der Waals surface area (Å²) in [5.41, 5.74) is 1.29. The number of nitrogens with one attached hydrogen (secondary N) is 2. The summed E-state index contributed by atoms with van der Waals surface area (Å²) in [4.78, 5) is 25.4. The van der Waals surface area contributed by atoms with Crippen LogP contribution in [-0.4, -0.2) is 30.8 Å². The molecule has 2 N–H and O–H groups in total. The fourth-order valence-corrected chi connectivity index (χ4v) is 1.25. The van der Waals surface area contributed by atoms with Gasteiger partial charge in [0, 0.05) is 11.9 Å². The number of H-pyrrole nitrogens is 1. The zero-order chi connectivity index (χ0) is 12.1. The molecule has 0 aliphatic carbocycles. The predicted molar refractivity (Wildman–Crippen MR) is 57.5 cm³/mol. The van der Waals surface area contributed by atoms with Crippen molar-refractivity contribution in [2.45, 2.75) is 13.8 Å². The number of ether oxygens (including phenoxy) is 2. The molecule has 16 heavy (non-hydrogen) atoms. The van der Waals surface area contributed by atoms with Crippen molar-refractivity contribution in [3.05, 3.63) is 17.5 Å². The Hall–Kier alpha value is -1.98. The van der Waals surface area contributed by atoms with E-state index in [9.17, 15) is 9.59 Å². The van der Waals surface area contributed by atoms with E-state index >= 15 is 0 Å². The molecule has 0 saturated heterocycles. The van der Waals surface area contributed by atoms with Gasteiger partial charge in [-0.2, -0.15) is 0 Å². The van der Waals surface area contributed by atoms with Crippen LogP contribution in [0, 0.1) is 6.92 Å². The third-order valence-electron chi connectivity index (χ3n) is 1.98. The summed E-state index contributed by atoms with van der Waals surface area (Å²) < 4.78 is 9.31. The van der Waals surface area contributed by atoms with Crippen molar-refractivity contribution in [2.24, 2.45) is 0 Å². The van der Waals surface area contributed by atoms with Crippen molar-refractivity contribution >= 4 is 17.7 Å². The van der Waals surface area contributed by atoms with E-state index in [-0.39, 0.29) is 6.61 Å². The largest absolute Gasteiger partial charge is 0.462 e. The maximum absolute atomic E-state index is 11.6. The lowest BCUT2D eigenvalue weighted by molar-refractivity contribution is 0.0527. The van der Waals surface area contributed by atoms with Gasteiger partial charge in [0.2, 0.25) is 0 Å². The van der Waals surface area contributed by atoms with Gasteiger partial charge in [0.05, 0.1) is 19.4 Å². The lowest BCUT2D eigenvalue weighted by Gasteiger charge is -2.05. The smallest absolute Gasteiger partial charge is 0.411 e. The SMILES string of the molecule is CCOC(=O)c1c(NC(=O)OC)c[nH]c1C. The molecule has 0 aliphatic rings. The van der Waals surface area contributed by atoms with E-state index in [0.717, 1.165) is 0 Å². The number of aromatic amines is 1. The number of hydrogen-bond acceptors (Lipinski definition) is 4. The van der Waals surface area contributed by atoms with E-state index in [1.165, 1.54) is 13.3 Å². The number of aromatic nitrogens is 1. The molecular weight excluding hydrogens is 212 g/mol. The molecule has 1 amide bonds. The van der Waals surface area contributed by atoms with Crippen molar-refractivity contribution in [3.8, 4) is 0 Å². The standard InChI is InChI=1S/C10H14N2O4/c1-4-16-9(13)8-6(2)11-5-7(8)12-10(14)15-3/h5,11H,4H2,1-3H3,(H,12,14). The van der Waals surface area contributed by atoms with Crippen LogP contribution in [-0.2, 0) is 9.47 Å². The van der Waals surface area contributed by atoms with Crippen LogP contribution in [0.3, 0.4) is 0 Å². The lowest BCUT2D eigenvalue weighted by atomic mass is 10.2. The molecule has 88 valence electrons. The highest BCUT2D eigenvalue weighted by molar-refractivity contribution is 6.00. The van der Waals surface area contributed by atoms with Crippen LogP contribution in [0.4, 0.5) is 10.5 Å². The van der Waals surface area contributed by atoms with Crippen LogP contribution in [0.5, 0.6) is 0 Å². The number of amides is 1. The molecule has 0 unspecified atom stereocenters. The minimum atomic E-state index is -0.635. The molecule has 0 aromatic carbocycles. The van der Waals surface area contributed by atoms with Gasteiger partial charge in [-0.05, 0) is 13.8 Å². The fraction of sp³-hybridized carbons (Fsp3) is 0.400. The van der Waals surface area contributed by atoms with Crippen LogP contribution in [0.25, 0.3) is 0 Å². The second-order valence-corrected chi connectivity index (χ2v) is 3.04. The van der Waals surface area contributed by atoms with Gasteiger partial charge >= 0.3 is 12.1 Å². The Morgan fingerprint density at radius 3 is 2.75 bits per heavy atom. The second-order valence-electron chi connectivity index (χ2n) is 3.04. The Bertz CT molecular complexity index is 398. The van der Waals surface area contributed by atoms with Crippen molar-refractivity contribution in [1.29, 1.82) is 0 Å². The average Bonchev–Trinajstić information content (AvgIpc) is 2.60. The lowest BCUT2D eigenvalue weighted by Crippen LogP contribution is -2.14. The molecule has 6 heteroatoms. The van der Waals surface area contributed by atoms with Crippen molar-refractivity contribution in [1.82, 2.24) is 4.98 Å². The van der Waals surface area contributed by atoms with Crippen molar-refractivity contribution < 1.29 is 19.1 Å². The molecule has 1 rings (SSSR count). The summed E-state index contributed by atoms with van der Waals surface area (Å²) in [7, 11) is 1.25. The number of hydrogen-bond donors (Lipinski definition) is 2. The maximum Gasteiger partial charge on any atom is 0.411 e. The normalized spacial score (nSPS) is 9.69. The van der Waals surface area contributed by atoms with Gasteiger partial charge < -0.3 is 14.5 Å². The molecule has 0 spiro atoms. The van der Waals surface area contributed by atoms with E-state index in [2.05, 4.69) is 15.0 Å². The number of carbonyl (C=O) groups excluding carboxylic acids is 2. The number of anilines is 1. The number of methoxy groups -OCH3 is 1. The van der Waals surface area contributed by atoms with E-state index in [0.29, 0.717) is 16.9 Å². The summed E-state index contributed by atoms with van der Waals surface area (Å²) in [6.45, 7) is 3.71. The third kappa shape index (κ3) is 2.53. The molecule has 1 aromatic heterocycles. The first-order valence-corrected chi connectivity index (χ1v) is 4.80. The average molecular weight is 226 g/mol. The zero-order valence-corrected chi connectivity index (χ0v) is 9.42. The van der Waals surface area contributed by atoms with Gasteiger partial charge in [0.15, 0.2) is 0 Å². The molecule has 0 radical (unpaired) electrons. The van der Waals surface area contributed by atoms with Crippen molar-refractivity contribution in [2.75, 3.05) is 19.0 Å². The number of esters is 1. The van der Waals surface area contributed by atoms with Gasteiger partial charge in [-0.1, -0.05) is 0 Å². The second kappa shape index (κ2) is 5.20.